The van der Waals surface area contributed by atoms with Crippen molar-refractivity contribution in [3.63, 3.8) is 0 Å². The number of carbonyl (C=O) groups is 3. The smallest absolute Gasteiger partial charge is 0.463 e. The van der Waals surface area contributed by atoms with E-state index in [1.807, 2.05) is 0 Å². The van der Waals surface area contributed by atoms with Gasteiger partial charge in [0.05, 0.1) is 26.4 Å². The largest absolute Gasteiger partial charge is 0.472 e. The molecule has 0 aromatic carbocycles. The fourth-order valence-electron chi connectivity index (χ4n) is 13.4. The van der Waals surface area contributed by atoms with Gasteiger partial charge in [0.25, 0.3) is 0 Å². The van der Waals surface area contributed by atoms with Crippen LogP contribution in [-0.2, 0) is 55.8 Å². The summed E-state index contributed by atoms with van der Waals surface area (Å²) in [6.45, 7) is 2.55. The third kappa shape index (κ3) is 97.4. The fourth-order valence-corrected chi connectivity index (χ4v) is 15.0. The normalized spacial score (nSPS) is 14.4. The molecule has 0 aromatic rings. The second kappa shape index (κ2) is 96.0. The van der Waals surface area contributed by atoms with Crippen LogP contribution < -0.4 is 0 Å². The first-order valence-electron chi connectivity index (χ1n) is 49.4. The van der Waals surface area contributed by atoms with Crippen LogP contribution in [0.2, 0.25) is 0 Å². The molecule has 18 heteroatoms. The maximum Gasteiger partial charge on any atom is 0.472 e. The van der Waals surface area contributed by atoms with Gasteiger partial charge in [0, 0.05) is 19.3 Å². The maximum absolute atomic E-state index is 13.1. The lowest BCUT2D eigenvalue weighted by atomic mass is 10.0. The molecule has 4 N–H and O–H groups in total. The minimum Gasteiger partial charge on any atom is -0.463 e. The second-order valence-electron chi connectivity index (χ2n) is 32.8. The number of rotatable bonds is 93. The van der Waals surface area contributed by atoms with Crippen molar-refractivity contribution in [3.05, 3.63) is 170 Å². The van der Waals surface area contributed by atoms with Gasteiger partial charge in [0.15, 0.2) is 6.10 Å². The van der Waals surface area contributed by atoms with Crippen LogP contribution in [0.1, 0.15) is 419 Å². The van der Waals surface area contributed by atoms with Crippen LogP contribution in [0.25, 0.3) is 0 Å². The van der Waals surface area contributed by atoms with Crippen LogP contribution in [0.5, 0.6) is 0 Å². The van der Waals surface area contributed by atoms with Gasteiger partial charge in [0.2, 0.25) is 0 Å². The van der Waals surface area contributed by atoms with Crippen LogP contribution in [-0.4, -0.2) is 95.9 Å². The van der Waals surface area contributed by atoms with E-state index in [4.69, 9.17) is 32.3 Å². The molecule has 0 spiro atoms. The van der Waals surface area contributed by atoms with Gasteiger partial charge in [-0.2, -0.15) is 0 Å². The van der Waals surface area contributed by atoms with E-state index in [-0.39, 0.29) is 19.3 Å². The topological polar surface area (TPSA) is 231 Å². The molecule has 706 valence electrons. The first-order valence-corrected chi connectivity index (χ1v) is 52.4. The van der Waals surface area contributed by atoms with Gasteiger partial charge in [-0.3, -0.25) is 32.5 Å². The molecule has 0 aliphatic rings. The van der Waals surface area contributed by atoms with E-state index in [0.717, 1.165) is 154 Å². The predicted octanol–water partition coefficient (Wildman–Crippen LogP) is 31.0. The van der Waals surface area contributed by atoms with Crippen molar-refractivity contribution in [3.8, 4) is 0 Å². The molecule has 16 nitrogen and oxygen atoms in total. The Morgan fingerprint density at radius 1 is 0.236 bits per heavy atom. The molecule has 0 fully saturated rings. The standard InChI is InChI=1S/C105H180O16P2/c1-4-7-10-13-16-19-22-25-28-31-34-37-40-43-45-47-49-51-53-56-58-61-64-67-70-73-76-79-82-85-88-91-103(108)115-94-100(106)95-117-122(111,112)118-96-101(107)97-119-123(113,114)120-99-102(121-105(110)93-90-87-84-81-78-75-72-69-66-63-60-55-42-39-36-33-30-27-24-21-18-15-12-9-6-3)98-116-104(109)92-89-86-83-80-77-74-71-68-65-62-59-57-54-52-50-48-46-44-41-38-35-32-29-26-23-20-17-14-11-8-5-2/h9,12,16-21,25-30,34-39,43-46,55,60,66,69,100-102,106-107H,4-8,10-11,13-15,22-24,31-33,40-42,47-54,56-59,61-65,67-68,70-99H2,1-3H3,(H,111,112)(H,113,114)/b12-9-,19-16-,20-17-,21-18-,28-25-,29-26-,30-27-,37-34-,38-35-,39-36-,45-43-,46-44-,60-55-,69-66-. The first-order chi connectivity index (χ1) is 60.2. The summed E-state index contributed by atoms with van der Waals surface area (Å²) in [6.07, 6.45) is 125. The van der Waals surface area contributed by atoms with Crippen molar-refractivity contribution < 1.29 is 75.8 Å². The molecule has 0 aliphatic carbocycles. The summed E-state index contributed by atoms with van der Waals surface area (Å²) in [4.78, 5) is 59.1. The Balaban J connectivity index is 4.63. The van der Waals surface area contributed by atoms with E-state index >= 15 is 0 Å². The Kier molecular flexibility index (Phi) is 92.0. The van der Waals surface area contributed by atoms with Crippen molar-refractivity contribution in [2.24, 2.45) is 0 Å². The minimum absolute atomic E-state index is 0.0831. The average molecular weight is 1760 g/mol. The quantitative estimate of drug-likeness (QED) is 0.0146. The number of phosphoric acid groups is 2. The number of aliphatic hydroxyl groups is 2. The van der Waals surface area contributed by atoms with Gasteiger partial charge in [0.1, 0.15) is 25.4 Å². The molecule has 0 rings (SSSR count). The molecular formula is C105H180O16P2. The molecule has 5 unspecified atom stereocenters. The second-order valence-corrected chi connectivity index (χ2v) is 35.7. The molecule has 0 aliphatic heterocycles. The number of phosphoric ester groups is 2. The Bertz CT molecular complexity index is 2920. The summed E-state index contributed by atoms with van der Waals surface area (Å²) < 4.78 is 61.6. The van der Waals surface area contributed by atoms with Gasteiger partial charge < -0.3 is 34.2 Å². The number of hydrogen-bond acceptors (Lipinski definition) is 14. The van der Waals surface area contributed by atoms with E-state index in [2.05, 4.69) is 191 Å². The summed E-state index contributed by atoms with van der Waals surface area (Å²) >= 11 is 0. The van der Waals surface area contributed by atoms with Gasteiger partial charge in [-0.25, -0.2) is 9.13 Å². The number of unbranched alkanes of at least 4 members (excludes halogenated alkanes) is 42. The van der Waals surface area contributed by atoms with E-state index in [9.17, 15) is 43.5 Å². The number of hydrogen-bond donors (Lipinski definition) is 4. The average Bonchev–Trinajstić information content (AvgIpc) is 0.870. The monoisotopic (exact) mass is 1760 g/mol. The molecule has 123 heavy (non-hydrogen) atoms. The molecule has 0 heterocycles. The molecule has 5 atom stereocenters. The lowest BCUT2D eigenvalue weighted by Crippen LogP contribution is -2.30. The molecular weight excluding hydrogens is 1580 g/mol. The van der Waals surface area contributed by atoms with E-state index in [1.54, 1.807) is 0 Å². The van der Waals surface area contributed by atoms with Crippen LogP contribution in [0, 0.1) is 0 Å². The van der Waals surface area contributed by atoms with Gasteiger partial charge in [-0.15, -0.1) is 0 Å². The van der Waals surface area contributed by atoms with Gasteiger partial charge >= 0.3 is 33.6 Å². The van der Waals surface area contributed by atoms with Crippen LogP contribution in [0.3, 0.4) is 0 Å². The van der Waals surface area contributed by atoms with E-state index in [0.29, 0.717) is 19.3 Å². The lowest BCUT2D eigenvalue weighted by molar-refractivity contribution is -0.161. The lowest BCUT2D eigenvalue weighted by Gasteiger charge is -2.21. The number of allylic oxidation sites excluding steroid dienone is 28. The summed E-state index contributed by atoms with van der Waals surface area (Å²) in [5.41, 5.74) is 0. The molecule has 0 saturated heterocycles. The van der Waals surface area contributed by atoms with Gasteiger partial charge in [-0.05, 0) is 161 Å². The Morgan fingerprint density at radius 2 is 0.431 bits per heavy atom. The third-order valence-corrected chi connectivity index (χ3v) is 22.8. The zero-order valence-electron chi connectivity index (χ0n) is 78.1. The number of carbonyl (C=O) groups excluding carboxylic acids is 3. The highest BCUT2D eigenvalue weighted by atomic mass is 31.2. The fraction of sp³-hybridized carbons (Fsp3) is 0.705. The van der Waals surface area contributed by atoms with Crippen LogP contribution in [0.15, 0.2) is 170 Å². The highest BCUT2D eigenvalue weighted by molar-refractivity contribution is 7.47. The predicted molar refractivity (Wildman–Crippen MR) is 519 cm³/mol. The minimum atomic E-state index is -4.95. The number of aliphatic hydroxyl groups excluding tert-OH is 2. The van der Waals surface area contributed by atoms with Crippen molar-refractivity contribution in [1.29, 1.82) is 0 Å². The van der Waals surface area contributed by atoms with E-state index < -0.39 is 91.5 Å². The van der Waals surface area contributed by atoms with Gasteiger partial charge in [-0.1, -0.05) is 409 Å². The first kappa shape index (κ1) is 118. The molecule has 0 bridgehead atoms. The summed E-state index contributed by atoms with van der Waals surface area (Å²) in [7, 11) is -9.82. The maximum atomic E-state index is 13.1. The number of esters is 3. The molecule has 0 aromatic heterocycles. The van der Waals surface area contributed by atoms with Crippen molar-refractivity contribution in [2.45, 2.75) is 437 Å². The van der Waals surface area contributed by atoms with Crippen molar-refractivity contribution in [1.82, 2.24) is 0 Å². The highest BCUT2D eigenvalue weighted by Crippen LogP contribution is 2.45. The third-order valence-electron chi connectivity index (χ3n) is 20.9. The van der Waals surface area contributed by atoms with Crippen LogP contribution >= 0.6 is 15.6 Å². The van der Waals surface area contributed by atoms with Crippen molar-refractivity contribution in [2.75, 3.05) is 39.6 Å². The summed E-state index contributed by atoms with van der Waals surface area (Å²) in [5.74, 6) is -1.58. The highest BCUT2D eigenvalue weighted by Gasteiger charge is 2.30. The molecule has 0 amide bonds. The Labute approximate surface area is 752 Å². The van der Waals surface area contributed by atoms with Crippen molar-refractivity contribution >= 4 is 33.6 Å². The molecule has 0 saturated carbocycles. The Hall–Kier alpha value is -5.09. The number of ether oxygens (including phenoxy) is 3. The zero-order chi connectivity index (χ0) is 89.3. The van der Waals surface area contributed by atoms with Crippen LogP contribution in [0.4, 0.5) is 0 Å². The summed E-state index contributed by atoms with van der Waals surface area (Å²) in [5, 5.41) is 20.8. The Morgan fingerprint density at radius 3 is 0.683 bits per heavy atom. The summed E-state index contributed by atoms with van der Waals surface area (Å²) in [6, 6.07) is 0. The molecule has 0 radical (unpaired) electrons. The zero-order valence-corrected chi connectivity index (χ0v) is 79.9. The van der Waals surface area contributed by atoms with E-state index in [1.165, 1.54) is 205 Å². The SMILES string of the molecule is CC/C=C\C/C=C\C/C=C\C/C=C\C/C=C\C/C=C\CCCCCCCCC(=O)OC(COC(=O)CCCCCCCCCCCCCCCCC/C=C\C/C=C\C/C=C\C/C=C\CCCCC)COP(=O)(O)OCC(O)COP(=O)(O)OCC(O)COC(=O)CCCCCCCCCCCCCCCCC/C=C\C/C=C\C/C=C\C/C=C\CCCCC.